The standard InChI is InChI=1S/C27H36O7.C27H32O6.2C25H34O6/c1-8-13(2)24(31)34-23-14(3)11-26-15(4)9-19-20(25(19,6)7)18(22(26)30)10-17(12-33-16(5)28)21(29)27(23,26)32;1-14-12-26-15(2)10-19-20(25(19,3)4)18(23(26)30)11-17(22(29)27(26,32)21(14)28)13-33-24(31)16-8-6-5-7-9-16;1-7-12(2)22(29)31-21-13(3)10-24-14(4)8-17-18(23(17,5)6)16(20(24)28)9-15(11-26)19(27)25(21,24)30;1-7-12(2)22(29)31-21-15(11-26)9-16-18-17(23(18,5)6)8-14(4)24(20(16)28)10-13(3)19(27)25(21,24)30/h8,10-11,15,18-21,23,29,32H,9,12H2,1-7H3;5-9,11-12,15,18-22,28-29,32H,10,13H2,1-4H3;2*7,9-10,14,16-19,21,26-27,30H,8,11H2,1-6H3/b13-8-;;2*12-7-/t15-,18+,19-,20+,21-,23+,26+,27+;15-,18+,19-,20+,21+,22-,26+,27-;14-,16+,17-,18+,19-,21+,24+,25+;14-,16+,17-,18+,19+,21-,24+,25-/m1111/s1. The van der Waals surface area contributed by atoms with Gasteiger partial charge < -0.3 is 79.9 Å². The molecule has 16 aliphatic carbocycles. The Labute approximate surface area is 756 Å². The lowest BCUT2D eigenvalue weighted by atomic mass is 9.59. The van der Waals surface area contributed by atoms with Gasteiger partial charge in [-0.1, -0.05) is 168 Å². The first kappa shape index (κ1) is 97.0. The summed E-state index contributed by atoms with van der Waals surface area (Å²) in [5, 5.41) is 126. The molecule has 0 aromatic heterocycles. The maximum atomic E-state index is 14.4. The van der Waals surface area contributed by atoms with Crippen molar-refractivity contribution in [1.29, 1.82) is 0 Å². The van der Waals surface area contributed by atoms with Crippen molar-refractivity contribution in [2.75, 3.05) is 26.4 Å². The smallest absolute Gasteiger partial charge is 0.338 e. The summed E-state index contributed by atoms with van der Waals surface area (Å²) >= 11 is 0. The van der Waals surface area contributed by atoms with Crippen LogP contribution in [0.15, 0.2) is 158 Å². The molecule has 1 aromatic carbocycles. The van der Waals surface area contributed by atoms with Gasteiger partial charge in [0, 0.05) is 47.3 Å². The van der Waals surface area contributed by atoms with E-state index < -0.39 is 160 Å². The number of ether oxygens (including phenoxy) is 5. The SMILES string of the molecule is C/C=C(/C)C(=O)O[C@@H]1C(CO)=C[C@@H]2C(=O)[C@]3(C=C(C)[C@H](O)[C@@]13O)[C@H](C)C[C@@H]1[C@H]2C1(C)C.C/C=C(/C)C(=O)O[C@H]1C(C)=C[C@]23C(=O)[C@@H](C=C(CO)[C@@H](O)[C@]12O)[C@H]1[C@@H](C[C@H]3C)C1(C)C.C/C=C(/C)C(=O)O[C@H]1C(C)=C[C@]23C(=O)[C@@H](C=C(COC(C)=O)[C@@H](O)[C@]12O)[C@H]1[C@@H](C[C@H]3C)C1(C)C.CC1=C[C@]23C(=O)[C@@H](C=C(COC(=O)c4ccccc4)[C@@H](O)[C@]2(O)[C@H]1O)[C@H]1[C@@H](C[C@H]3C)C1(C)C. The number of aliphatic hydroxyl groups is 11. The van der Waals surface area contributed by atoms with Crippen molar-refractivity contribution in [3.05, 3.63) is 164 Å². The maximum absolute atomic E-state index is 14.4. The summed E-state index contributed by atoms with van der Waals surface area (Å²) in [6.07, 6.45) is 10.2. The van der Waals surface area contributed by atoms with Gasteiger partial charge in [-0.25, -0.2) is 19.2 Å². The van der Waals surface area contributed by atoms with Crippen molar-refractivity contribution in [1.82, 2.24) is 0 Å². The molecule has 0 unspecified atom stereocenters. The molecule has 0 saturated heterocycles. The lowest BCUT2D eigenvalue weighted by molar-refractivity contribution is -0.202. The lowest BCUT2D eigenvalue weighted by Gasteiger charge is -2.49. The Hall–Kier alpha value is -8.05. The van der Waals surface area contributed by atoms with Crippen molar-refractivity contribution in [2.24, 2.45) is 138 Å². The van der Waals surface area contributed by atoms with E-state index in [0.717, 1.165) is 19.3 Å². The third-order valence-corrected chi connectivity index (χ3v) is 36.0. The molecule has 16 aliphatic rings. The summed E-state index contributed by atoms with van der Waals surface area (Å²) in [6, 6.07) is 8.53. The molecule has 25 heteroatoms. The molecule has 702 valence electrons. The zero-order valence-electron chi connectivity index (χ0n) is 78.9. The largest absolute Gasteiger partial charge is 0.461 e. The Morgan fingerprint density at radius 3 is 0.977 bits per heavy atom. The van der Waals surface area contributed by atoms with E-state index in [1.165, 1.54) is 6.92 Å². The number of allylic oxidation sites excluding steroid dienone is 7. The summed E-state index contributed by atoms with van der Waals surface area (Å²) in [5.74, 6) is -5.27. The van der Waals surface area contributed by atoms with Crippen LogP contribution < -0.4 is 0 Å². The molecule has 0 aliphatic heterocycles. The van der Waals surface area contributed by atoms with E-state index in [2.05, 4.69) is 55.4 Å². The molecular formula is C104H136O25. The number of rotatable bonds is 13. The number of carbonyl (C=O) groups excluding carboxylic acids is 9. The quantitative estimate of drug-likeness (QED) is 0.0378. The minimum absolute atomic E-state index is 0.0209. The molecule has 8 bridgehead atoms. The molecule has 8 saturated carbocycles. The third kappa shape index (κ3) is 13.5. The normalized spacial score (nSPS) is 44.0. The third-order valence-electron chi connectivity index (χ3n) is 36.0. The number of esters is 5. The van der Waals surface area contributed by atoms with Crippen LogP contribution in [-0.2, 0) is 62.0 Å². The molecule has 17 rings (SSSR count). The van der Waals surface area contributed by atoms with Crippen LogP contribution in [-0.4, -0.2) is 207 Å². The molecule has 0 amide bonds. The molecule has 11 N–H and O–H groups in total. The van der Waals surface area contributed by atoms with E-state index in [0.29, 0.717) is 68.7 Å². The van der Waals surface area contributed by atoms with E-state index in [-0.39, 0.29) is 134 Å². The summed E-state index contributed by atoms with van der Waals surface area (Å²) in [5.41, 5.74) is -9.67. The molecule has 8 fully saturated rings. The topological polar surface area (TPSA) is 422 Å². The van der Waals surface area contributed by atoms with E-state index in [9.17, 15) is 99.3 Å². The summed E-state index contributed by atoms with van der Waals surface area (Å²) in [4.78, 5) is 119. The van der Waals surface area contributed by atoms with Gasteiger partial charge in [0.2, 0.25) is 0 Å². The summed E-state index contributed by atoms with van der Waals surface area (Å²) < 4.78 is 28.0. The van der Waals surface area contributed by atoms with Crippen molar-refractivity contribution < 1.29 is 123 Å². The van der Waals surface area contributed by atoms with Crippen molar-refractivity contribution in [3.63, 3.8) is 0 Å². The Bertz CT molecular complexity index is 5210. The predicted molar refractivity (Wildman–Crippen MR) is 475 cm³/mol. The Morgan fingerprint density at radius 1 is 0.380 bits per heavy atom. The summed E-state index contributed by atoms with van der Waals surface area (Å²) in [7, 11) is 0. The van der Waals surface area contributed by atoms with Crippen molar-refractivity contribution in [2.45, 2.75) is 256 Å². The fraction of sp³-hybridized carbons (Fsp3) is 0.644. The molecule has 0 radical (unpaired) electrons. The molecule has 25 nitrogen and oxygen atoms in total. The fourth-order valence-electron chi connectivity index (χ4n) is 28.1. The highest BCUT2D eigenvalue weighted by atomic mass is 16.6. The van der Waals surface area contributed by atoms with E-state index in [1.807, 2.05) is 27.7 Å². The van der Waals surface area contributed by atoms with Gasteiger partial charge in [-0.05, 0) is 244 Å². The average Bonchev–Trinajstić information content (AvgIpc) is 1.51. The van der Waals surface area contributed by atoms with Gasteiger partial charge in [-0.3, -0.25) is 24.0 Å². The highest BCUT2D eigenvalue weighted by molar-refractivity contribution is 6.00. The van der Waals surface area contributed by atoms with Gasteiger partial charge in [-0.2, -0.15) is 0 Å². The monoisotopic (exact) mass is 1780 g/mol. The fourth-order valence-corrected chi connectivity index (χ4v) is 28.1. The first-order valence-electron chi connectivity index (χ1n) is 46.2. The van der Waals surface area contributed by atoms with Gasteiger partial charge in [0.25, 0.3) is 0 Å². The zero-order chi connectivity index (χ0) is 95.5. The molecule has 129 heavy (non-hydrogen) atoms. The first-order chi connectivity index (χ1) is 60.0. The maximum Gasteiger partial charge on any atom is 0.338 e. The Kier molecular flexibility index (Phi) is 24.6. The number of fused-ring (bicyclic) bond motifs is 12. The number of carbonyl (C=O) groups is 9. The first-order valence-corrected chi connectivity index (χ1v) is 46.2. The molecule has 4 spiro atoms. The highest BCUT2D eigenvalue weighted by Crippen LogP contribution is 2.77. The molecule has 1 aromatic rings. The van der Waals surface area contributed by atoms with Crippen LogP contribution in [0.2, 0.25) is 0 Å². The number of Topliss-reactive ketones (excluding diaryl/α,β-unsaturated/α-hetero) is 4. The lowest BCUT2D eigenvalue weighted by Crippen LogP contribution is -2.66. The van der Waals surface area contributed by atoms with Crippen LogP contribution >= 0.6 is 0 Å². The van der Waals surface area contributed by atoms with Crippen LogP contribution in [0.4, 0.5) is 0 Å². The van der Waals surface area contributed by atoms with Crippen LogP contribution in [0.3, 0.4) is 0 Å². The van der Waals surface area contributed by atoms with E-state index >= 15 is 0 Å². The van der Waals surface area contributed by atoms with Gasteiger partial charge >= 0.3 is 29.8 Å². The van der Waals surface area contributed by atoms with Gasteiger partial charge in [0.15, 0.2) is 58.2 Å². The second-order valence-corrected chi connectivity index (χ2v) is 43.5. The summed E-state index contributed by atoms with van der Waals surface area (Å²) in [6.45, 7) is 41.5. The molecular weight excluding hydrogens is 1650 g/mol. The molecule has 0 heterocycles. The van der Waals surface area contributed by atoms with Crippen molar-refractivity contribution in [3.8, 4) is 0 Å². The second kappa shape index (κ2) is 32.7. The average molecular weight is 1790 g/mol. The van der Waals surface area contributed by atoms with Crippen molar-refractivity contribution >= 4 is 53.0 Å². The number of hydrogen-bond acceptors (Lipinski definition) is 25. The van der Waals surface area contributed by atoms with Crippen LogP contribution in [0.5, 0.6) is 0 Å². The predicted octanol–water partition coefficient (Wildman–Crippen LogP) is 10.2. The number of aliphatic hydroxyl groups excluding tert-OH is 7. The minimum atomic E-state index is -2.13. The minimum Gasteiger partial charge on any atom is -0.461 e. The van der Waals surface area contributed by atoms with E-state index in [1.54, 1.807) is 166 Å². The number of hydrogen-bond donors (Lipinski definition) is 11. The zero-order valence-corrected chi connectivity index (χ0v) is 78.9. The van der Waals surface area contributed by atoms with Crippen LogP contribution in [0.25, 0.3) is 0 Å². The highest BCUT2D eigenvalue weighted by Gasteiger charge is 2.82. The molecule has 32 atom stereocenters. The Balaban J connectivity index is 0.000000139. The van der Waals surface area contributed by atoms with Gasteiger partial charge in [-0.15, -0.1) is 0 Å². The number of benzene rings is 1. The Morgan fingerprint density at radius 2 is 0.651 bits per heavy atom. The van der Waals surface area contributed by atoms with Gasteiger partial charge in [0.1, 0.15) is 49.3 Å². The van der Waals surface area contributed by atoms with Crippen LogP contribution in [0.1, 0.15) is 195 Å². The number of ketones is 4. The van der Waals surface area contributed by atoms with Gasteiger partial charge in [0.05, 0.1) is 40.4 Å². The second-order valence-electron chi connectivity index (χ2n) is 43.5. The van der Waals surface area contributed by atoms with E-state index in [4.69, 9.17) is 23.7 Å². The van der Waals surface area contributed by atoms with Crippen LogP contribution in [0, 0.1) is 138 Å².